The molecule has 1 heterocycles. The molecule has 0 unspecified atom stereocenters. The van der Waals surface area contributed by atoms with E-state index in [-0.39, 0.29) is 0 Å². The summed E-state index contributed by atoms with van der Waals surface area (Å²) in [5.41, 5.74) is 2.27. The van der Waals surface area contributed by atoms with Gasteiger partial charge in [0.1, 0.15) is 5.82 Å². The Hall–Kier alpha value is -0.940. The second-order valence-corrected chi connectivity index (χ2v) is 5.26. The molecule has 0 amide bonds. The number of aryl methyl sites for hydroxylation is 2. The fraction of sp³-hybridized carbons (Fsp3) is 0.333. The third kappa shape index (κ3) is 2.50. The van der Waals surface area contributed by atoms with E-state index in [1.54, 1.807) is 0 Å². The van der Waals surface area contributed by atoms with Crippen molar-refractivity contribution in [3.8, 4) is 5.69 Å². The van der Waals surface area contributed by atoms with Crippen molar-refractivity contribution in [2.45, 2.75) is 26.7 Å². The summed E-state index contributed by atoms with van der Waals surface area (Å²) in [6.07, 6.45) is 1.96. The zero-order valence-electron chi connectivity index (χ0n) is 9.83. The smallest absolute Gasteiger partial charge is 0.199 e. The first-order valence-corrected chi connectivity index (χ1v) is 6.76. The topological polar surface area (TPSA) is 33.6 Å². The molecule has 1 N–H and O–H groups in total. The van der Waals surface area contributed by atoms with Crippen LogP contribution in [0.3, 0.4) is 0 Å². The van der Waals surface area contributed by atoms with E-state index in [9.17, 15) is 0 Å². The molecule has 0 bridgehead atoms. The second-order valence-electron chi connectivity index (χ2n) is 3.96. The van der Waals surface area contributed by atoms with Gasteiger partial charge in [-0.1, -0.05) is 28.9 Å². The maximum absolute atomic E-state index is 5.30. The van der Waals surface area contributed by atoms with Gasteiger partial charge in [-0.25, -0.2) is 0 Å². The average Bonchev–Trinajstić information content (AvgIpc) is 2.64. The monoisotopic (exact) mass is 311 g/mol. The van der Waals surface area contributed by atoms with Crippen LogP contribution in [0, 0.1) is 11.7 Å². The quantitative estimate of drug-likeness (QED) is 0.871. The highest BCUT2D eigenvalue weighted by Gasteiger charge is 2.09. The summed E-state index contributed by atoms with van der Waals surface area (Å²) >= 11 is 8.79. The number of hydrogen-bond acceptors (Lipinski definition) is 2. The number of H-pyrrole nitrogens is 1. The molecule has 0 fully saturated rings. The number of aromatic nitrogens is 3. The van der Waals surface area contributed by atoms with Gasteiger partial charge in [-0.2, -0.15) is 5.10 Å². The van der Waals surface area contributed by atoms with Crippen molar-refractivity contribution < 1.29 is 0 Å². The van der Waals surface area contributed by atoms with Crippen LogP contribution in [0.15, 0.2) is 22.7 Å². The summed E-state index contributed by atoms with van der Waals surface area (Å²) in [6.45, 7) is 4.21. The molecule has 0 atom stereocenters. The zero-order valence-corrected chi connectivity index (χ0v) is 12.2. The van der Waals surface area contributed by atoms with Crippen LogP contribution in [0.2, 0.25) is 0 Å². The van der Waals surface area contributed by atoms with Crippen molar-refractivity contribution in [3.63, 3.8) is 0 Å². The van der Waals surface area contributed by atoms with Crippen molar-refractivity contribution in [2.75, 3.05) is 0 Å². The minimum absolute atomic E-state index is 0.648. The first kappa shape index (κ1) is 12.5. The highest BCUT2D eigenvalue weighted by atomic mass is 79.9. The standard InChI is InChI=1S/C12H14BrN3S/c1-3-4-11-14-15-12(17)16(11)10-7-9(13)6-5-8(10)2/h5-7H,3-4H2,1-2H3,(H,15,17). The van der Waals surface area contributed by atoms with Crippen LogP contribution in [0.1, 0.15) is 24.7 Å². The lowest BCUT2D eigenvalue weighted by atomic mass is 10.2. The van der Waals surface area contributed by atoms with Gasteiger partial charge in [0.15, 0.2) is 4.77 Å². The van der Waals surface area contributed by atoms with Crippen molar-refractivity contribution in [1.82, 2.24) is 14.8 Å². The molecule has 1 aromatic carbocycles. The van der Waals surface area contributed by atoms with E-state index in [4.69, 9.17) is 12.2 Å². The predicted octanol–water partition coefficient (Wildman–Crippen LogP) is 3.95. The van der Waals surface area contributed by atoms with Gasteiger partial charge in [-0.05, 0) is 43.3 Å². The Morgan fingerprint density at radius 2 is 2.24 bits per heavy atom. The molecule has 0 aliphatic carbocycles. The maximum atomic E-state index is 5.30. The number of halogens is 1. The number of aromatic amines is 1. The summed E-state index contributed by atoms with van der Waals surface area (Å²) in [7, 11) is 0. The molecule has 3 nitrogen and oxygen atoms in total. The first-order valence-electron chi connectivity index (χ1n) is 5.56. The summed E-state index contributed by atoms with van der Waals surface area (Å²) < 4.78 is 3.71. The summed E-state index contributed by atoms with van der Waals surface area (Å²) in [4.78, 5) is 0. The van der Waals surface area contributed by atoms with Crippen LogP contribution in [0.25, 0.3) is 5.69 Å². The minimum atomic E-state index is 0.648. The largest absolute Gasteiger partial charge is 0.272 e. The normalized spacial score (nSPS) is 10.8. The Bertz CT molecular complexity index is 586. The number of rotatable bonds is 3. The van der Waals surface area contributed by atoms with Gasteiger partial charge in [0.2, 0.25) is 0 Å². The van der Waals surface area contributed by atoms with Crippen LogP contribution in [-0.2, 0) is 6.42 Å². The van der Waals surface area contributed by atoms with E-state index >= 15 is 0 Å². The van der Waals surface area contributed by atoms with Gasteiger partial charge in [0, 0.05) is 10.9 Å². The molecule has 2 aromatic rings. The maximum Gasteiger partial charge on any atom is 0.199 e. The molecule has 0 spiro atoms. The van der Waals surface area contributed by atoms with Crippen LogP contribution in [0.5, 0.6) is 0 Å². The van der Waals surface area contributed by atoms with Crippen molar-refractivity contribution in [3.05, 3.63) is 38.8 Å². The van der Waals surface area contributed by atoms with Crippen LogP contribution in [-0.4, -0.2) is 14.8 Å². The van der Waals surface area contributed by atoms with Crippen LogP contribution < -0.4 is 0 Å². The van der Waals surface area contributed by atoms with Gasteiger partial charge in [-0.15, -0.1) is 0 Å². The van der Waals surface area contributed by atoms with E-state index in [1.807, 2.05) is 10.6 Å². The van der Waals surface area contributed by atoms with E-state index in [2.05, 4.69) is 52.1 Å². The molecular weight excluding hydrogens is 298 g/mol. The zero-order chi connectivity index (χ0) is 12.4. The summed E-state index contributed by atoms with van der Waals surface area (Å²) in [6, 6.07) is 6.17. The Morgan fingerprint density at radius 1 is 1.47 bits per heavy atom. The lowest BCUT2D eigenvalue weighted by Gasteiger charge is -2.09. The Kier molecular flexibility index (Phi) is 3.79. The SMILES string of the molecule is CCCc1n[nH]c(=S)n1-c1cc(Br)ccc1C. The highest BCUT2D eigenvalue weighted by molar-refractivity contribution is 9.10. The molecule has 5 heteroatoms. The lowest BCUT2D eigenvalue weighted by molar-refractivity contribution is 0.799. The van der Waals surface area contributed by atoms with E-state index < -0.39 is 0 Å². The Balaban J connectivity index is 2.63. The molecule has 90 valence electrons. The number of benzene rings is 1. The highest BCUT2D eigenvalue weighted by Crippen LogP contribution is 2.21. The van der Waals surface area contributed by atoms with Crippen LogP contribution in [0.4, 0.5) is 0 Å². The van der Waals surface area contributed by atoms with Gasteiger partial charge < -0.3 is 0 Å². The predicted molar refractivity (Wildman–Crippen MR) is 75.2 cm³/mol. The van der Waals surface area contributed by atoms with Crippen LogP contribution >= 0.6 is 28.1 Å². The number of hydrogen-bond donors (Lipinski definition) is 1. The molecule has 0 radical (unpaired) electrons. The number of nitrogens with one attached hydrogen (secondary N) is 1. The minimum Gasteiger partial charge on any atom is -0.272 e. The molecule has 2 rings (SSSR count). The summed E-state index contributed by atoms with van der Waals surface area (Å²) in [5.74, 6) is 0.985. The van der Waals surface area contributed by atoms with Crippen molar-refractivity contribution in [1.29, 1.82) is 0 Å². The van der Waals surface area contributed by atoms with Gasteiger partial charge in [0.25, 0.3) is 0 Å². The molecule has 0 aliphatic heterocycles. The van der Waals surface area contributed by atoms with E-state index in [1.165, 1.54) is 5.56 Å². The van der Waals surface area contributed by atoms with Gasteiger partial charge >= 0.3 is 0 Å². The van der Waals surface area contributed by atoms with Gasteiger partial charge in [-0.3, -0.25) is 9.67 Å². The molecule has 0 aliphatic rings. The van der Waals surface area contributed by atoms with E-state index in [0.717, 1.165) is 28.8 Å². The molecule has 1 aromatic heterocycles. The molecule has 0 saturated carbocycles. The Labute approximate surface area is 114 Å². The molecule has 0 saturated heterocycles. The third-order valence-electron chi connectivity index (χ3n) is 2.63. The van der Waals surface area contributed by atoms with E-state index in [0.29, 0.717) is 4.77 Å². The number of nitrogens with zero attached hydrogens (tertiary/aromatic N) is 2. The first-order chi connectivity index (χ1) is 8.13. The van der Waals surface area contributed by atoms with Gasteiger partial charge in [0.05, 0.1) is 5.69 Å². The Morgan fingerprint density at radius 3 is 2.94 bits per heavy atom. The second kappa shape index (κ2) is 5.14. The summed E-state index contributed by atoms with van der Waals surface area (Å²) in [5, 5.41) is 7.15. The molecule has 17 heavy (non-hydrogen) atoms. The molecular formula is C12H14BrN3S. The van der Waals surface area contributed by atoms with Crippen molar-refractivity contribution in [2.24, 2.45) is 0 Å². The third-order valence-corrected chi connectivity index (χ3v) is 3.39. The fourth-order valence-corrected chi connectivity index (χ4v) is 2.39. The lowest BCUT2D eigenvalue weighted by Crippen LogP contribution is -2.03. The van der Waals surface area contributed by atoms with Crippen molar-refractivity contribution >= 4 is 28.1 Å². The fourth-order valence-electron chi connectivity index (χ4n) is 1.79. The average molecular weight is 312 g/mol.